The van der Waals surface area contributed by atoms with Crippen LogP contribution in [-0.2, 0) is 4.74 Å². The first-order chi connectivity index (χ1) is 5.49. The minimum atomic E-state index is -0.961. The number of halogens is 2. The minimum Gasteiger partial charge on any atom is -0.376 e. The molecular formula is C8H18Cl2OSi. The van der Waals surface area contributed by atoms with Crippen molar-refractivity contribution in [3.05, 3.63) is 0 Å². The van der Waals surface area contributed by atoms with Crippen molar-refractivity contribution in [3.63, 3.8) is 0 Å². The van der Waals surface area contributed by atoms with Gasteiger partial charge >= 0.3 is 0 Å². The average Bonchev–Trinajstić information content (AvgIpc) is 1.96. The van der Waals surface area contributed by atoms with Crippen LogP contribution >= 0.6 is 23.2 Å². The summed E-state index contributed by atoms with van der Waals surface area (Å²) < 4.78 is 5.49. The van der Waals surface area contributed by atoms with Gasteiger partial charge in [0, 0.05) is 26.4 Å². The zero-order valence-electron chi connectivity index (χ0n) is 8.07. The zero-order chi connectivity index (χ0) is 9.61. The second kappa shape index (κ2) is 6.25. The van der Waals surface area contributed by atoms with Crippen LogP contribution < -0.4 is 0 Å². The van der Waals surface area contributed by atoms with Gasteiger partial charge < -0.3 is 4.74 Å². The van der Waals surface area contributed by atoms with E-state index in [9.17, 15) is 0 Å². The second-order valence-corrected chi connectivity index (χ2v) is 10.4. The van der Waals surface area contributed by atoms with Crippen molar-refractivity contribution >= 4 is 31.3 Å². The third-order valence-corrected chi connectivity index (χ3v) is 3.94. The number of hydrogen-bond donors (Lipinski definition) is 0. The van der Waals surface area contributed by atoms with E-state index in [4.69, 9.17) is 27.9 Å². The molecule has 0 atom stereocenters. The summed E-state index contributed by atoms with van der Waals surface area (Å²) in [6.07, 6.45) is 0.0321. The molecule has 0 saturated carbocycles. The van der Waals surface area contributed by atoms with Gasteiger partial charge in [0.05, 0.1) is 6.10 Å². The van der Waals surface area contributed by atoms with Gasteiger partial charge in [0.15, 0.2) is 0 Å². The van der Waals surface area contributed by atoms with Gasteiger partial charge in [-0.25, -0.2) is 0 Å². The predicted molar refractivity (Wildman–Crippen MR) is 59.3 cm³/mol. The summed E-state index contributed by atoms with van der Waals surface area (Å²) in [5, 5.41) is 0. The Bertz CT molecular complexity index is 110. The fourth-order valence-corrected chi connectivity index (χ4v) is 1.90. The van der Waals surface area contributed by atoms with Crippen molar-refractivity contribution in [2.75, 3.05) is 18.4 Å². The average molecular weight is 229 g/mol. The summed E-state index contributed by atoms with van der Waals surface area (Å²) in [6.45, 7) is 7.78. The molecule has 0 spiro atoms. The highest BCUT2D eigenvalue weighted by Crippen LogP contribution is 2.09. The van der Waals surface area contributed by atoms with E-state index in [1.807, 2.05) is 0 Å². The van der Waals surface area contributed by atoms with Crippen molar-refractivity contribution in [2.24, 2.45) is 0 Å². The largest absolute Gasteiger partial charge is 0.376 e. The van der Waals surface area contributed by atoms with Gasteiger partial charge in [-0.05, 0) is 6.04 Å². The van der Waals surface area contributed by atoms with Crippen LogP contribution in [0.25, 0.3) is 0 Å². The van der Waals surface area contributed by atoms with E-state index < -0.39 is 8.07 Å². The summed E-state index contributed by atoms with van der Waals surface area (Å²) >= 11 is 11.2. The molecule has 0 N–H and O–H groups in total. The Labute approximate surface area is 86.4 Å². The maximum atomic E-state index is 5.62. The fourth-order valence-electron chi connectivity index (χ4n) is 0.662. The lowest BCUT2D eigenvalue weighted by molar-refractivity contribution is 0.0939. The summed E-state index contributed by atoms with van der Waals surface area (Å²) in [5.41, 5.74) is 0. The fraction of sp³-hybridized carbons (Fsp3) is 1.00. The topological polar surface area (TPSA) is 9.23 Å². The summed E-state index contributed by atoms with van der Waals surface area (Å²) in [4.78, 5) is 0. The van der Waals surface area contributed by atoms with Crippen LogP contribution in [0.4, 0.5) is 0 Å². The number of ether oxygens (including phenoxy) is 1. The Morgan fingerprint density at radius 3 is 2.00 bits per heavy atom. The third-order valence-electron chi connectivity index (χ3n) is 1.55. The Kier molecular flexibility index (Phi) is 6.64. The molecule has 0 aromatic carbocycles. The molecule has 0 unspecified atom stereocenters. The van der Waals surface area contributed by atoms with E-state index in [0.29, 0.717) is 11.8 Å². The first kappa shape index (κ1) is 12.8. The van der Waals surface area contributed by atoms with Crippen molar-refractivity contribution in [3.8, 4) is 0 Å². The van der Waals surface area contributed by atoms with E-state index in [0.717, 1.165) is 6.61 Å². The van der Waals surface area contributed by atoms with E-state index in [1.165, 1.54) is 6.04 Å². The Morgan fingerprint density at radius 1 is 1.17 bits per heavy atom. The van der Waals surface area contributed by atoms with Crippen molar-refractivity contribution in [1.29, 1.82) is 0 Å². The molecule has 0 radical (unpaired) electrons. The predicted octanol–water partition coefficient (Wildman–Crippen LogP) is 3.19. The minimum absolute atomic E-state index is 0.0321. The van der Waals surface area contributed by atoms with Crippen LogP contribution in [0.1, 0.15) is 0 Å². The molecule has 0 aliphatic heterocycles. The van der Waals surface area contributed by atoms with E-state index in [-0.39, 0.29) is 6.10 Å². The highest BCUT2D eigenvalue weighted by atomic mass is 35.5. The summed E-state index contributed by atoms with van der Waals surface area (Å²) in [6, 6.07) is 1.18. The lowest BCUT2D eigenvalue weighted by Gasteiger charge is -2.18. The Hall–Kier alpha value is 0.757. The monoisotopic (exact) mass is 228 g/mol. The maximum Gasteiger partial charge on any atom is 0.0845 e. The van der Waals surface area contributed by atoms with Crippen LogP contribution in [0.3, 0.4) is 0 Å². The van der Waals surface area contributed by atoms with Crippen LogP contribution in [0.5, 0.6) is 0 Å². The van der Waals surface area contributed by atoms with Gasteiger partial charge in [0.1, 0.15) is 0 Å². The smallest absolute Gasteiger partial charge is 0.0845 e. The van der Waals surface area contributed by atoms with Gasteiger partial charge in [-0.3, -0.25) is 0 Å². The normalized spacial score (nSPS) is 12.5. The standard InChI is InChI=1S/C8H18Cl2OSi/c1-12(2,3)5-4-11-8(6-9)7-10/h8H,4-7H2,1-3H3. The van der Waals surface area contributed by atoms with Gasteiger partial charge in [0.25, 0.3) is 0 Å². The highest BCUT2D eigenvalue weighted by molar-refractivity contribution is 6.76. The van der Waals surface area contributed by atoms with Gasteiger partial charge in [0.2, 0.25) is 0 Å². The number of rotatable bonds is 6. The first-order valence-electron chi connectivity index (χ1n) is 4.23. The van der Waals surface area contributed by atoms with Crippen LogP contribution in [-0.4, -0.2) is 32.5 Å². The zero-order valence-corrected chi connectivity index (χ0v) is 10.6. The summed E-state index contributed by atoms with van der Waals surface area (Å²) in [7, 11) is -0.961. The lowest BCUT2D eigenvalue weighted by atomic mass is 10.5. The molecule has 0 bridgehead atoms. The molecule has 0 saturated heterocycles. The molecule has 0 heterocycles. The Morgan fingerprint density at radius 2 is 1.67 bits per heavy atom. The van der Waals surface area contributed by atoms with Crippen molar-refractivity contribution < 1.29 is 4.74 Å². The molecule has 0 rings (SSSR count). The van der Waals surface area contributed by atoms with Gasteiger partial charge in [-0.2, -0.15) is 0 Å². The summed E-state index contributed by atoms with van der Waals surface area (Å²) in [5.74, 6) is 0.990. The van der Waals surface area contributed by atoms with Crippen LogP contribution in [0.15, 0.2) is 0 Å². The quantitative estimate of drug-likeness (QED) is 0.502. The van der Waals surface area contributed by atoms with E-state index in [1.54, 1.807) is 0 Å². The van der Waals surface area contributed by atoms with Gasteiger partial charge in [-0.15, -0.1) is 23.2 Å². The van der Waals surface area contributed by atoms with Crippen molar-refractivity contribution in [1.82, 2.24) is 0 Å². The molecule has 4 heteroatoms. The SMILES string of the molecule is C[Si](C)(C)CCOC(CCl)CCl. The van der Waals surface area contributed by atoms with Gasteiger partial charge in [-0.1, -0.05) is 19.6 Å². The maximum absolute atomic E-state index is 5.62. The lowest BCUT2D eigenvalue weighted by Crippen LogP contribution is -2.25. The molecule has 12 heavy (non-hydrogen) atoms. The van der Waals surface area contributed by atoms with Crippen molar-refractivity contribution in [2.45, 2.75) is 31.8 Å². The van der Waals surface area contributed by atoms with Crippen LogP contribution in [0, 0.1) is 0 Å². The molecule has 1 nitrogen and oxygen atoms in total. The van der Waals surface area contributed by atoms with E-state index >= 15 is 0 Å². The highest BCUT2D eigenvalue weighted by Gasteiger charge is 2.13. The molecular weight excluding hydrogens is 211 g/mol. The number of alkyl halides is 2. The molecule has 0 aromatic heterocycles. The third kappa shape index (κ3) is 7.41. The molecule has 0 aliphatic carbocycles. The molecule has 74 valence electrons. The first-order valence-corrected chi connectivity index (χ1v) is 9.01. The Balaban J connectivity index is 3.41. The molecule has 0 aromatic rings. The number of hydrogen-bond acceptors (Lipinski definition) is 1. The molecule has 0 aliphatic rings. The molecule has 0 fully saturated rings. The van der Waals surface area contributed by atoms with Crippen LogP contribution in [0.2, 0.25) is 25.7 Å². The second-order valence-electron chi connectivity index (χ2n) is 4.11. The molecule has 0 amide bonds. The van der Waals surface area contributed by atoms with E-state index in [2.05, 4.69) is 19.6 Å².